The molecule has 1 aliphatic carbocycles. The molecule has 2 saturated heterocycles. The predicted molar refractivity (Wildman–Crippen MR) is 84.8 cm³/mol. The monoisotopic (exact) mass is 310 g/mol. The van der Waals surface area contributed by atoms with Crippen molar-refractivity contribution in [3.63, 3.8) is 0 Å². The van der Waals surface area contributed by atoms with Crippen LogP contribution in [-0.4, -0.2) is 54.5 Å². The van der Waals surface area contributed by atoms with Gasteiger partial charge >= 0.3 is 6.09 Å². The summed E-state index contributed by atoms with van der Waals surface area (Å²) in [6.07, 6.45) is 3.60. The summed E-state index contributed by atoms with van der Waals surface area (Å²) in [5, 5.41) is 3.81. The van der Waals surface area contributed by atoms with E-state index in [9.17, 15) is 4.79 Å². The minimum atomic E-state index is -0.404. The van der Waals surface area contributed by atoms with Crippen molar-refractivity contribution in [3.8, 4) is 0 Å². The lowest BCUT2D eigenvalue weighted by Gasteiger charge is -2.31. The number of hydrogen-bond acceptors (Lipinski definition) is 4. The van der Waals surface area contributed by atoms with Crippen molar-refractivity contribution in [2.24, 2.45) is 11.8 Å². The van der Waals surface area contributed by atoms with Crippen molar-refractivity contribution in [2.75, 3.05) is 19.7 Å². The molecule has 5 heteroatoms. The Bertz CT molecular complexity index is 409. The number of hydrogen-bond donors (Lipinski definition) is 1. The van der Waals surface area contributed by atoms with Crippen LogP contribution in [0.5, 0.6) is 0 Å². The van der Waals surface area contributed by atoms with Gasteiger partial charge in [-0.3, -0.25) is 0 Å². The molecule has 1 amide bonds. The Labute approximate surface area is 133 Å². The first-order valence-electron chi connectivity index (χ1n) is 8.73. The zero-order chi connectivity index (χ0) is 15.9. The topological polar surface area (TPSA) is 50.8 Å². The number of nitrogens with zero attached hydrogens (tertiary/aromatic N) is 1. The molecule has 2 aliphatic heterocycles. The molecule has 22 heavy (non-hydrogen) atoms. The van der Waals surface area contributed by atoms with E-state index >= 15 is 0 Å². The van der Waals surface area contributed by atoms with Gasteiger partial charge < -0.3 is 19.7 Å². The van der Waals surface area contributed by atoms with Gasteiger partial charge in [-0.15, -0.1) is 0 Å². The molecule has 0 bridgehead atoms. The van der Waals surface area contributed by atoms with Crippen LogP contribution in [0, 0.1) is 11.8 Å². The van der Waals surface area contributed by atoms with Crippen LogP contribution in [0.1, 0.15) is 47.0 Å². The van der Waals surface area contributed by atoms with Gasteiger partial charge in [0.15, 0.2) is 0 Å². The van der Waals surface area contributed by atoms with E-state index in [2.05, 4.69) is 12.2 Å². The van der Waals surface area contributed by atoms with Gasteiger partial charge in [0, 0.05) is 31.8 Å². The average molecular weight is 310 g/mol. The maximum Gasteiger partial charge on any atom is 0.410 e. The van der Waals surface area contributed by atoms with Crippen LogP contribution in [0.4, 0.5) is 4.79 Å². The number of amides is 1. The summed E-state index contributed by atoms with van der Waals surface area (Å²) in [6, 6.07) is 1.18. The molecule has 0 spiro atoms. The van der Waals surface area contributed by atoms with Crippen LogP contribution in [0.25, 0.3) is 0 Å². The van der Waals surface area contributed by atoms with Crippen LogP contribution >= 0.6 is 0 Å². The second-order valence-electron chi connectivity index (χ2n) is 8.03. The number of carbonyl (C=O) groups excluding carboxylic acids is 1. The fraction of sp³-hybridized carbons (Fsp3) is 0.941. The van der Waals surface area contributed by atoms with Crippen molar-refractivity contribution in [3.05, 3.63) is 0 Å². The highest BCUT2D eigenvalue weighted by molar-refractivity contribution is 5.69. The summed E-state index contributed by atoms with van der Waals surface area (Å²) in [4.78, 5) is 13.9. The fourth-order valence-electron chi connectivity index (χ4n) is 3.84. The normalized spacial score (nSPS) is 37.8. The van der Waals surface area contributed by atoms with Gasteiger partial charge in [0.1, 0.15) is 5.60 Å². The van der Waals surface area contributed by atoms with E-state index < -0.39 is 5.60 Å². The highest BCUT2D eigenvalue weighted by atomic mass is 16.6. The maximum atomic E-state index is 12.1. The van der Waals surface area contributed by atoms with Gasteiger partial charge in [-0.05, 0) is 51.9 Å². The summed E-state index contributed by atoms with van der Waals surface area (Å²) < 4.78 is 11.2. The largest absolute Gasteiger partial charge is 0.444 e. The summed E-state index contributed by atoms with van der Waals surface area (Å²) >= 11 is 0. The van der Waals surface area contributed by atoms with Gasteiger partial charge in [0.2, 0.25) is 0 Å². The number of fused-ring (bicyclic) bond motifs is 1. The molecule has 126 valence electrons. The molecule has 2 heterocycles. The zero-order valence-corrected chi connectivity index (χ0v) is 14.3. The Balaban J connectivity index is 1.42. The molecule has 0 aromatic carbocycles. The lowest BCUT2D eigenvalue weighted by Crippen LogP contribution is -2.44. The van der Waals surface area contributed by atoms with Crippen molar-refractivity contribution in [2.45, 2.75) is 70.7 Å². The molecule has 3 aliphatic rings. The first-order valence-corrected chi connectivity index (χ1v) is 8.73. The number of piperidine rings is 1. The quantitative estimate of drug-likeness (QED) is 0.869. The first-order chi connectivity index (χ1) is 10.4. The summed E-state index contributed by atoms with van der Waals surface area (Å²) in [5.74, 6) is 1.24. The molecule has 5 nitrogen and oxygen atoms in total. The average Bonchev–Trinajstić information content (AvgIpc) is 2.89. The minimum absolute atomic E-state index is 0.157. The van der Waals surface area contributed by atoms with Crippen LogP contribution in [0.3, 0.4) is 0 Å². The molecule has 0 radical (unpaired) electrons. The van der Waals surface area contributed by atoms with Gasteiger partial charge in [0.05, 0.1) is 6.10 Å². The molecule has 4 unspecified atom stereocenters. The van der Waals surface area contributed by atoms with Crippen LogP contribution < -0.4 is 5.32 Å². The Morgan fingerprint density at radius 2 is 2.00 bits per heavy atom. The highest BCUT2D eigenvalue weighted by Crippen LogP contribution is 2.46. The smallest absolute Gasteiger partial charge is 0.410 e. The van der Waals surface area contributed by atoms with Crippen molar-refractivity contribution >= 4 is 6.09 Å². The molecular weight excluding hydrogens is 280 g/mol. The van der Waals surface area contributed by atoms with E-state index in [1.165, 1.54) is 0 Å². The Kier molecular flexibility index (Phi) is 4.38. The van der Waals surface area contributed by atoms with Crippen LogP contribution in [0.2, 0.25) is 0 Å². The van der Waals surface area contributed by atoms with Crippen molar-refractivity contribution in [1.29, 1.82) is 0 Å². The number of likely N-dealkylation sites (tertiary alicyclic amines) is 1. The molecule has 0 aromatic rings. The van der Waals surface area contributed by atoms with E-state index in [1.807, 2.05) is 25.7 Å². The van der Waals surface area contributed by atoms with E-state index in [4.69, 9.17) is 9.47 Å². The van der Waals surface area contributed by atoms with E-state index in [1.54, 1.807) is 0 Å². The van der Waals surface area contributed by atoms with Gasteiger partial charge in [-0.1, -0.05) is 6.92 Å². The zero-order valence-electron chi connectivity index (χ0n) is 14.3. The Morgan fingerprint density at radius 1 is 1.32 bits per heavy atom. The fourth-order valence-corrected chi connectivity index (χ4v) is 3.84. The Morgan fingerprint density at radius 3 is 2.59 bits per heavy atom. The molecular formula is C17H30N2O3. The molecule has 1 N–H and O–H groups in total. The van der Waals surface area contributed by atoms with Gasteiger partial charge in [-0.2, -0.15) is 0 Å². The molecule has 3 fully saturated rings. The predicted octanol–water partition coefficient (Wildman–Crippen LogP) is 2.40. The standard InChI is InChI=1S/C17H30N2O3/c1-5-12-8-11(6-7-21-12)18-15-13-9-19(10-14(13)15)16(20)22-17(2,3)4/h11-15,18H,5-10H2,1-4H3. The number of nitrogens with one attached hydrogen (secondary N) is 1. The SMILES string of the molecule is CCC1CC(NC2C3CN(C(=O)OC(C)(C)C)CC32)CCO1. The second-order valence-corrected chi connectivity index (χ2v) is 8.03. The third kappa shape index (κ3) is 3.57. The van der Waals surface area contributed by atoms with Crippen LogP contribution in [0.15, 0.2) is 0 Å². The first kappa shape index (κ1) is 16.1. The Hall–Kier alpha value is -0.810. The van der Waals surface area contributed by atoms with Gasteiger partial charge in [-0.25, -0.2) is 4.79 Å². The molecule has 4 atom stereocenters. The maximum absolute atomic E-state index is 12.1. The van der Waals surface area contributed by atoms with Crippen molar-refractivity contribution in [1.82, 2.24) is 10.2 Å². The molecule has 3 rings (SSSR count). The highest BCUT2D eigenvalue weighted by Gasteiger charge is 2.57. The minimum Gasteiger partial charge on any atom is -0.444 e. The second kappa shape index (κ2) is 6.00. The van der Waals surface area contributed by atoms with Gasteiger partial charge in [0.25, 0.3) is 0 Å². The molecule has 1 saturated carbocycles. The number of ether oxygens (including phenoxy) is 2. The summed E-state index contributed by atoms with van der Waals surface area (Å²) in [7, 11) is 0. The third-order valence-corrected chi connectivity index (χ3v) is 5.10. The van der Waals surface area contributed by atoms with Crippen LogP contribution in [-0.2, 0) is 9.47 Å². The lowest BCUT2D eigenvalue weighted by molar-refractivity contribution is -0.00126. The van der Waals surface area contributed by atoms with Crippen molar-refractivity contribution < 1.29 is 14.3 Å². The van der Waals surface area contributed by atoms with E-state index in [-0.39, 0.29) is 6.09 Å². The molecule has 0 aromatic heterocycles. The summed E-state index contributed by atoms with van der Waals surface area (Å²) in [5.41, 5.74) is -0.404. The summed E-state index contributed by atoms with van der Waals surface area (Å²) in [6.45, 7) is 10.5. The third-order valence-electron chi connectivity index (χ3n) is 5.10. The lowest BCUT2D eigenvalue weighted by atomic mass is 10.0. The number of rotatable bonds is 3. The van der Waals surface area contributed by atoms with E-state index in [0.29, 0.717) is 30.0 Å². The number of carbonyl (C=O) groups is 1. The van der Waals surface area contributed by atoms with E-state index in [0.717, 1.165) is 39.0 Å².